The van der Waals surface area contributed by atoms with Crippen molar-refractivity contribution in [1.29, 1.82) is 0 Å². The third-order valence-corrected chi connectivity index (χ3v) is 4.26. The first-order chi connectivity index (χ1) is 8.09. The van der Waals surface area contributed by atoms with Gasteiger partial charge >= 0.3 is 0 Å². The Morgan fingerprint density at radius 2 is 2.41 bits per heavy atom. The average molecular weight is 257 g/mol. The number of hydrogen-bond donors (Lipinski definition) is 1. The highest BCUT2D eigenvalue weighted by Crippen LogP contribution is 2.16. The van der Waals surface area contributed by atoms with Crippen LogP contribution < -0.4 is 10.1 Å². The summed E-state index contributed by atoms with van der Waals surface area (Å²) in [6.07, 6.45) is 2.19. The molecule has 1 aromatic heterocycles. The Bertz CT molecular complexity index is 489. The lowest BCUT2D eigenvalue weighted by Gasteiger charge is -2.11. The maximum absolute atomic E-state index is 11.3. The monoisotopic (exact) mass is 257 g/mol. The van der Waals surface area contributed by atoms with Gasteiger partial charge in [-0.25, -0.2) is 13.4 Å². The number of rotatable bonds is 4. The summed E-state index contributed by atoms with van der Waals surface area (Å²) in [5.74, 6) is 1.29. The zero-order chi connectivity index (χ0) is 12.3. The van der Waals surface area contributed by atoms with E-state index in [4.69, 9.17) is 4.74 Å². The molecular formula is C10H15N3O3S. The van der Waals surface area contributed by atoms with Gasteiger partial charge in [-0.2, -0.15) is 4.98 Å². The molecular weight excluding hydrogens is 242 g/mol. The van der Waals surface area contributed by atoms with E-state index in [1.54, 1.807) is 12.3 Å². The zero-order valence-electron chi connectivity index (χ0n) is 9.59. The Morgan fingerprint density at radius 1 is 1.59 bits per heavy atom. The van der Waals surface area contributed by atoms with Crippen LogP contribution in [0.4, 0.5) is 5.95 Å². The number of nitrogens with zero attached hydrogens (tertiary/aromatic N) is 2. The van der Waals surface area contributed by atoms with Crippen LogP contribution in [0.1, 0.15) is 13.3 Å². The van der Waals surface area contributed by atoms with Crippen LogP contribution in [0.25, 0.3) is 0 Å². The third kappa shape index (κ3) is 3.29. The first-order valence-electron chi connectivity index (χ1n) is 5.52. The maximum Gasteiger partial charge on any atom is 0.226 e. The minimum absolute atomic E-state index is 0.100. The van der Waals surface area contributed by atoms with Crippen molar-refractivity contribution < 1.29 is 13.2 Å². The SMILES string of the molecule is CCOc1ccnc(NC2CCS(=O)(=O)C2)n1. The van der Waals surface area contributed by atoms with Crippen LogP contribution in [0.5, 0.6) is 5.88 Å². The standard InChI is InChI=1S/C10H15N3O3S/c1-2-16-9-3-5-11-10(13-9)12-8-4-6-17(14,15)7-8/h3,5,8H,2,4,6-7H2,1H3,(H,11,12,13). The fourth-order valence-electron chi connectivity index (χ4n) is 1.73. The van der Waals surface area contributed by atoms with Crippen molar-refractivity contribution in [1.82, 2.24) is 9.97 Å². The molecule has 1 unspecified atom stereocenters. The molecule has 0 radical (unpaired) electrons. The Balaban J connectivity index is 2.01. The molecule has 0 aromatic carbocycles. The van der Waals surface area contributed by atoms with Crippen LogP contribution in [0, 0.1) is 0 Å². The Morgan fingerprint density at radius 3 is 3.06 bits per heavy atom. The molecule has 0 spiro atoms. The number of hydrogen-bond acceptors (Lipinski definition) is 6. The smallest absolute Gasteiger partial charge is 0.226 e. The molecule has 0 amide bonds. The predicted molar refractivity (Wildman–Crippen MR) is 63.9 cm³/mol. The summed E-state index contributed by atoms with van der Waals surface area (Å²) in [4.78, 5) is 8.17. The number of sulfone groups is 1. The highest BCUT2D eigenvalue weighted by molar-refractivity contribution is 7.91. The largest absolute Gasteiger partial charge is 0.478 e. The van der Waals surface area contributed by atoms with E-state index >= 15 is 0 Å². The number of ether oxygens (including phenoxy) is 1. The molecule has 7 heteroatoms. The van der Waals surface area contributed by atoms with Gasteiger partial charge in [-0.3, -0.25) is 0 Å². The van der Waals surface area contributed by atoms with Crippen LogP contribution in [0.2, 0.25) is 0 Å². The van der Waals surface area contributed by atoms with E-state index in [0.717, 1.165) is 0 Å². The molecule has 0 bridgehead atoms. The molecule has 1 aliphatic rings. The summed E-state index contributed by atoms with van der Waals surface area (Å²) in [7, 11) is -2.89. The van der Waals surface area contributed by atoms with Crippen LogP contribution >= 0.6 is 0 Å². The van der Waals surface area contributed by atoms with Gasteiger partial charge in [0.25, 0.3) is 0 Å². The van der Waals surface area contributed by atoms with Gasteiger partial charge in [0.15, 0.2) is 9.84 Å². The van der Waals surface area contributed by atoms with Gasteiger partial charge in [0.05, 0.1) is 18.1 Å². The van der Waals surface area contributed by atoms with E-state index < -0.39 is 9.84 Å². The van der Waals surface area contributed by atoms with Gasteiger partial charge in [0.1, 0.15) is 0 Å². The summed E-state index contributed by atoms with van der Waals surface area (Å²) in [6.45, 7) is 2.41. The molecule has 1 atom stereocenters. The topological polar surface area (TPSA) is 81.2 Å². The van der Waals surface area contributed by atoms with Crippen LogP contribution in [0.3, 0.4) is 0 Å². The highest BCUT2D eigenvalue weighted by atomic mass is 32.2. The van der Waals surface area contributed by atoms with Crippen molar-refractivity contribution in [3.8, 4) is 5.88 Å². The fraction of sp³-hybridized carbons (Fsp3) is 0.600. The summed E-state index contributed by atoms with van der Waals surface area (Å²) in [5.41, 5.74) is 0. The lowest BCUT2D eigenvalue weighted by atomic mass is 10.3. The molecule has 2 heterocycles. The first kappa shape index (κ1) is 12.1. The molecule has 1 fully saturated rings. The summed E-state index contributed by atoms with van der Waals surface area (Å²) in [6, 6.07) is 1.57. The van der Waals surface area contributed by atoms with Crippen LogP contribution in [-0.4, -0.2) is 42.5 Å². The molecule has 1 aromatic rings. The highest BCUT2D eigenvalue weighted by Gasteiger charge is 2.28. The Kier molecular flexibility index (Phi) is 3.46. The number of nitrogens with one attached hydrogen (secondary N) is 1. The third-order valence-electron chi connectivity index (χ3n) is 2.49. The molecule has 1 saturated heterocycles. The minimum atomic E-state index is -2.89. The first-order valence-corrected chi connectivity index (χ1v) is 7.34. The van der Waals surface area contributed by atoms with Crippen LogP contribution in [-0.2, 0) is 9.84 Å². The van der Waals surface area contributed by atoms with Crippen molar-refractivity contribution in [2.75, 3.05) is 23.4 Å². The van der Waals surface area contributed by atoms with E-state index in [9.17, 15) is 8.42 Å². The Labute approximate surface area is 100 Å². The van der Waals surface area contributed by atoms with Gasteiger partial charge in [0, 0.05) is 18.3 Å². The van der Waals surface area contributed by atoms with E-state index in [-0.39, 0.29) is 17.5 Å². The summed E-state index contributed by atoms with van der Waals surface area (Å²) >= 11 is 0. The van der Waals surface area contributed by atoms with Crippen molar-refractivity contribution in [2.24, 2.45) is 0 Å². The molecule has 94 valence electrons. The van der Waals surface area contributed by atoms with Gasteiger partial charge in [-0.15, -0.1) is 0 Å². The quantitative estimate of drug-likeness (QED) is 0.844. The lowest BCUT2D eigenvalue weighted by molar-refractivity contribution is 0.326. The second-order valence-electron chi connectivity index (χ2n) is 3.90. The van der Waals surface area contributed by atoms with Crippen molar-refractivity contribution in [3.05, 3.63) is 12.3 Å². The number of aromatic nitrogens is 2. The van der Waals surface area contributed by atoms with Crippen molar-refractivity contribution in [3.63, 3.8) is 0 Å². The average Bonchev–Trinajstić information content (AvgIpc) is 2.59. The van der Waals surface area contributed by atoms with E-state index in [0.29, 0.717) is 24.9 Å². The minimum Gasteiger partial charge on any atom is -0.478 e. The number of anilines is 1. The molecule has 0 aliphatic carbocycles. The molecule has 6 nitrogen and oxygen atoms in total. The molecule has 2 rings (SSSR count). The van der Waals surface area contributed by atoms with Gasteiger partial charge < -0.3 is 10.1 Å². The Hall–Kier alpha value is -1.37. The maximum atomic E-state index is 11.3. The molecule has 1 N–H and O–H groups in total. The van der Waals surface area contributed by atoms with Crippen molar-refractivity contribution in [2.45, 2.75) is 19.4 Å². The summed E-state index contributed by atoms with van der Waals surface area (Å²) in [5, 5.41) is 3.01. The molecule has 17 heavy (non-hydrogen) atoms. The fourth-order valence-corrected chi connectivity index (χ4v) is 3.40. The molecule has 1 aliphatic heterocycles. The van der Waals surface area contributed by atoms with Gasteiger partial charge in [-0.05, 0) is 13.3 Å². The summed E-state index contributed by atoms with van der Waals surface area (Å²) < 4.78 is 27.8. The van der Waals surface area contributed by atoms with Crippen LogP contribution in [0.15, 0.2) is 12.3 Å². The van der Waals surface area contributed by atoms with E-state index in [1.165, 1.54) is 0 Å². The lowest BCUT2D eigenvalue weighted by Crippen LogP contribution is -2.22. The van der Waals surface area contributed by atoms with Gasteiger partial charge in [-0.1, -0.05) is 0 Å². The van der Waals surface area contributed by atoms with Gasteiger partial charge in [0.2, 0.25) is 11.8 Å². The van der Waals surface area contributed by atoms with E-state index in [2.05, 4.69) is 15.3 Å². The van der Waals surface area contributed by atoms with E-state index in [1.807, 2.05) is 6.92 Å². The normalized spacial score (nSPS) is 22.3. The predicted octanol–water partition coefficient (Wildman–Crippen LogP) is 0.474. The molecule has 0 saturated carbocycles. The second kappa shape index (κ2) is 4.87. The zero-order valence-corrected chi connectivity index (χ0v) is 10.4. The van der Waals surface area contributed by atoms with Crippen molar-refractivity contribution >= 4 is 15.8 Å². The second-order valence-corrected chi connectivity index (χ2v) is 6.12.